The van der Waals surface area contributed by atoms with E-state index in [-0.39, 0.29) is 36.9 Å². The molecule has 0 aromatic heterocycles. The van der Waals surface area contributed by atoms with E-state index in [0.717, 1.165) is 0 Å². The van der Waals surface area contributed by atoms with Crippen LogP contribution in [-0.2, 0) is 14.9 Å². The normalized spacial score (nSPS) is 22.3. The van der Waals surface area contributed by atoms with Crippen molar-refractivity contribution < 1.29 is 19.5 Å². The number of ether oxygens (including phenoxy) is 1. The van der Waals surface area contributed by atoms with Crippen LogP contribution in [0.3, 0.4) is 0 Å². The van der Waals surface area contributed by atoms with Gasteiger partial charge in [-0.2, -0.15) is 0 Å². The van der Waals surface area contributed by atoms with E-state index < -0.39 is 11.4 Å². The number of Topliss-reactive ketones (excluding diaryl/α,β-unsaturated/α-hetero) is 1. The van der Waals surface area contributed by atoms with Gasteiger partial charge in [-0.05, 0) is 19.4 Å². The first kappa shape index (κ1) is 16.2. The van der Waals surface area contributed by atoms with Crippen molar-refractivity contribution in [1.29, 1.82) is 0 Å². The van der Waals surface area contributed by atoms with E-state index in [9.17, 15) is 9.59 Å². The molecule has 0 radical (unpaired) electrons. The van der Waals surface area contributed by atoms with Crippen LogP contribution in [0.2, 0.25) is 0 Å². The van der Waals surface area contributed by atoms with Gasteiger partial charge in [-0.1, -0.05) is 29.4 Å². The van der Waals surface area contributed by atoms with Gasteiger partial charge in [0.2, 0.25) is 5.78 Å². The number of carbonyl (C=O) groups is 2. The lowest BCUT2D eigenvalue weighted by molar-refractivity contribution is -0.143. The number of rotatable bonds is 3. The molecule has 1 aromatic carbocycles. The number of fused-ring (bicyclic) bond motifs is 1. The molecule has 1 atom stereocenters. The Morgan fingerprint density at radius 2 is 2.05 bits per heavy atom. The van der Waals surface area contributed by atoms with E-state index in [4.69, 9.17) is 9.94 Å². The molecule has 1 aliphatic carbocycles. The summed E-state index contributed by atoms with van der Waals surface area (Å²) in [6, 6.07) is 6.96. The maximum Gasteiger partial charge on any atom is 0.307 e. The quantitative estimate of drug-likeness (QED) is 0.528. The molecular formula is C14H16ClNO4. The average molecular weight is 298 g/mol. The van der Waals surface area contributed by atoms with Crippen LogP contribution in [0.25, 0.3) is 0 Å². The van der Waals surface area contributed by atoms with Crippen molar-refractivity contribution >= 4 is 29.9 Å². The minimum absolute atomic E-state index is 0. The third-order valence-electron chi connectivity index (χ3n) is 3.41. The lowest BCUT2D eigenvalue weighted by Gasteiger charge is -2.23. The fourth-order valence-electron chi connectivity index (χ4n) is 2.50. The molecule has 0 saturated carbocycles. The van der Waals surface area contributed by atoms with Gasteiger partial charge in [0.15, 0.2) is 0 Å². The van der Waals surface area contributed by atoms with Crippen molar-refractivity contribution in [3.8, 4) is 0 Å². The Hall–Kier alpha value is -1.88. The Morgan fingerprint density at radius 3 is 2.65 bits per heavy atom. The first-order valence-corrected chi connectivity index (χ1v) is 6.07. The molecule has 1 N–H and O–H groups in total. The van der Waals surface area contributed by atoms with E-state index >= 15 is 0 Å². The van der Waals surface area contributed by atoms with E-state index in [1.165, 1.54) is 0 Å². The molecule has 0 bridgehead atoms. The Kier molecular flexibility index (Phi) is 4.89. The molecule has 108 valence electrons. The second kappa shape index (κ2) is 6.05. The summed E-state index contributed by atoms with van der Waals surface area (Å²) >= 11 is 0. The summed E-state index contributed by atoms with van der Waals surface area (Å²) < 4.78 is 4.93. The van der Waals surface area contributed by atoms with Crippen molar-refractivity contribution in [1.82, 2.24) is 0 Å². The van der Waals surface area contributed by atoms with Crippen molar-refractivity contribution in [3.05, 3.63) is 35.4 Å². The van der Waals surface area contributed by atoms with E-state index in [2.05, 4.69) is 5.16 Å². The number of nitrogens with zero attached hydrogens (tertiary/aromatic N) is 1. The van der Waals surface area contributed by atoms with Gasteiger partial charge < -0.3 is 9.94 Å². The van der Waals surface area contributed by atoms with Gasteiger partial charge in [-0.3, -0.25) is 9.59 Å². The monoisotopic (exact) mass is 297 g/mol. The number of hydrogen-bond donors (Lipinski definition) is 1. The summed E-state index contributed by atoms with van der Waals surface area (Å²) in [5.41, 5.74) is 0.221. The SMILES string of the molecule is CCOC(=O)CC1(C)C(=NO)C(=O)c2ccccc21.Cl. The second-order valence-corrected chi connectivity index (χ2v) is 4.64. The zero-order valence-electron chi connectivity index (χ0n) is 11.3. The smallest absolute Gasteiger partial charge is 0.307 e. The van der Waals surface area contributed by atoms with E-state index in [1.54, 1.807) is 38.1 Å². The molecule has 1 aliphatic rings. The largest absolute Gasteiger partial charge is 0.466 e. The van der Waals surface area contributed by atoms with Crippen LogP contribution in [0, 0.1) is 0 Å². The number of carbonyl (C=O) groups excluding carboxylic acids is 2. The van der Waals surface area contributed by atoms with Crippen LogP contribution in [-0.4, -0.2) is 29.3 Å². The highest BCUT2D eigenvalue weighted by Crippen LogP contribution is 2.39. The second-order valence-electron chi connectivity index (χ2n) is 4.64. The van der Waals surface area contributed by atoms with Crippen LogP contribution in [0.5, 0.6) is 0 Å². The van der Waals surface area contributed by atoms with Crippen LogP contribution < -0.4 is 0 Å². The predicted octanol–water partition coefficient (Wildman–Crippen LogP) is 2.35. The number of oxime groups is 1. The Labute approximate surface area is 123 Å². The molecule has 1 unspecified atom stereocenters. The highest BCUT2D eigenvalue weighted by molar-refractivity contribution is 6.52. The van der Waals surface area contributed by atoms with Crippen LogP contribution in [0.4, 0.5) is 0 Å². The predicted molar refractivity (Wildman–Crippen MR) is 75.8 cm³/mol. The minimum Gasteiger partial charge on any atom is -0.466 e. The zero-order chi connectivity index (χ0) is 14.0. The molecule has 0 spiro atoms. The fourth-order valence-corrected chi connectivity index (χ4v) is 2.50. The van der Waals surface area contributed by atoms with Gasteiger partial charge in [0.05, 0.1) is 18.4 Å². The molecule has 0 heterocycles. The third-order valence-corrected chi connectivity index (χ3v) is 3.41. The average Bonchev–Trinajstić information content (AvgIpc) is 2.59. The molecule has 0 amide bonds. The standard InChI is InChI=1S/C14H15NO4.ClH/c1-3-19-11(16)8-14(2)10-7-5-4-6-9(10)12(17)13(14)15-18;/h4-7,18H,3,8H2,1-2H3;1H. The fraction of sp³-hybridized carbons (Fsp3) is 0.357. The number of halogens is 1. The van der Waals surface area contributed by atoms with Crippen molar-refractivity contribution in [2.75, 3.05) is 6.61 Å². The number of benzene rings is 1. The summed E-state index contributed by atoms with van der Waals surface area (Å²) in [6.45, 7) is 3.70. The van der Waals surface area contributed by atoms with E-state index in [0.29, 0.717) is 11.1 Å². The third kappa shape index (κ3) is 2.41. The maximum absolute atomic E-state index is 12.1. The molecule has 0 aliphatic heterocycles. The molecule has 5 nitrogen and oxygen atoms in total. The Bertz CT molecular complexity index is 570. The Morgan fingerprint density at radius 1 is 1.40 bits per heavy atom. The highest BCUT2D eigenvalue weighted by Gasteiger charge is 2.48. The van der Waals surface area contributed by atoms with Crippen molar-refractivity contribution in [2.24, 2.45) is 5.16 Å². The topological polar surface area (TPSA) is 76.0 Å². The molecule has 2 rings (SSSR count). The van der Waals surface area contributed by atoms with E-state index in [1.807, 2.05) is 0 Å². The lowest BCUT2D eigenvalue weighted by Crippen LogP contribution is -2.34. The van der Waals surface area contributed by atoms with Gasteiger partial charge in [-0.15, -0.1) is 12.4 Å². The molecular weight excluding hydrogens is 282 g/mol. The molecule has 0 saturated heterocycles. The number of hydrogen-bond acceptors (Lipinski definition) is 5. The van der Waals surface area contributed by atoms with Gasteiger partial charge in [-0.25, -0.2) is 0 Å². The minimum atomic E-state index is -0.936. The van der Waals surface area contributed by atoms with Crippen LogP contribution >= 0.6 is 12.4 Å². The first-order chi connectivity index (χ1) is 9.04. The van der Waals surface area contributed by atoms with Gasteiger partial charge in [0.1, 0.15) is 5.71 Å². The summed E-state index contributed by atoms with van der Waals surface area (Å²) in [4.78, 5) is 23.9. The maximum atomic E-state index is 12.1. The summed E-state index contributed by atoms with van der Waals surface area (Å²) in [5, 5.41) is 12.2. The molecule has 1 aromatic rings. The van der Waals surface area contributed by atoms with Crippen LogP contribution in [0.15, 0.2) is 29.4 Å². The summed E-state index contributed by atoms with van der Waals surface area (Å²) in [6.07, 6.45) is -0.0248. The van der Waals surface area contributed by atoms with Crippen molar-refractivity contribution in [2.45, 2.75) is 25.7 Å². The van der Waals surface area contributed by atoms with Gasteiger partial charge in [0, 0.05) is 5.56 Å². The Balaban J connectivity index is 0.00000200. The van der Waals surface area contributed by atoms with Gasteiger partial charge in [0.25, 0.3) is 0 Å². The number of esters is 1. The highest BCUT2D eigenvalue weighted by atomic mass is 35.5. The molecule has 20 heavy (non-hydrogen) atoms. The number of ketones is 1. The lowest BCUT2D eigenvalue weighted by atomic mass is 9.79. The first-order valence-electron chi connectivity index (χ1n) is 6.07. The summed E-state index contributed by atoms with van der Waals surface area (Å²) in [7, 11) is 0. The van der Waals surface area contributed by atoms with Crippen molar-refractivity contribution in [3.63, 3.8) is 0 Å². The molecule has 0 fully saturated rings. The molecule has 6 heteroatoms. The van der Waals surface area contributed by atoms with Crippen LogP contribution in [0.1, 0.15) is 36.2 Å². The summed E-state index contributed by atoms with van der Waals surface area (Å²) in [5.74, 6) is -0.763. The zero-order valence-corrected chi connectivity index (χ0v) is 12.1. The van der Waals surface area contributed by atoms with Gasteiger partial charge >= 0.3 is 5.97 Å².